The van der Waals surface area contributed by atoms with Gasteiger partial charge < -0.3 is 10.6 Å². The molecule has 0 saturated heterocycles. The van der Waals surface area contributed by atoms with Crippen LogP contribution in [-0.4, -0.2) is 19.1 Å². The number of hydrogen-bond acceptors (Lipinski definition) is 1. The summed E-state index contributed by atoms with van der Waals surface area (Å²) in [6.45, 7) is 0.821. The molecule has 23 heavy (non-hydrogen) atoms. The number of urea groups is 1. The molecule has 0 atom stereocenters. The molecule has 2 rings (SSSR count). The smallest absolute Gasteiger partial charge is 0.314 e. The van der Waals surface area contributed by atoms with E-state index in [4.69, 9.17) is 23.2 Å². The maximum atomic E-state index is 13.4. The first kappa shape index (κ1) is 17.6. The van der Waals surface area contributed by atoms with Crippen LogP contribution in [0, 0.1) is 5.82 Å². The number of nitrogens with one attached hydrogen (secondary N) is 2. The van der Waals surface area contributed by atoms with Gasteiger partial charge in [0.15, 0.2) is 0 Å². The topological polar surface area (TPSA) is 41.1 Å². The van der Waals surface area contributed by atoms with Gasteiger partial charge in [-0.15, -0.1) is 0 Å². The van der Waals surface area contributed by atoms with E-state index in [0.717, 1.165) is 5.56 Å². The van der Waals surface area contributed by atoms with Crippen LogP contribution in [0.25, 0.3) is 0 Å². The molecule has 2 aromatic rings. The lowest BCUT2D eigenvalue weighted by atomic mass is 10.1. The fraction of sp³-hybridized carbons (Fsp3) is 0.235. The lowest BCUT2D eigenvalue weighted by Crippen LogP contribution is -2.37. The first-order valence-corrected chi connectivity index (χ1v) is 8.01. The maximum absolute atomic E-state index is 13.4. The van der Waals surface area contributed by atoms with Crippen molar-refractivity contribution in [2.24, 2.45) is 0 Å². The molecule has 2 aromatic carbocycles. The molecule has 0 saturated carbocycles. The monoisotopic (exact) mass is 354 g/mol. The Morgan fingerprint density at radius 3 is 2.26 bits per heavy atom. The summed E-state index contributed by atoms with van der Waals surface area (Å²) in [5.74, 6) is -0.257. The molecule has 6 heteroatoms. The molecule has 0 aliphatic carbocycles. The van der Waals surface area contributed by atoms with Gasteiger partial charge in [0.25, 0.3) is 0 Å². The molecule has 0 spiro atoms. The summed E-state index contributed by atoms with van der Waals surface area (Å²) in [6, 6.07) is 11.5. The Hall–Kier alpha value is -1.78. The Bertz CT molecular complexity index is 679. The quantitative estimate of drug-likeness (QED) is 0.801. The van der Waals surface area contributed by atoms with Crippen molar-refractivity contribution in [3.8, 4) is 0 Å². The van der Waals surface area contributed by atoms with Crippen LogP contribution in [0.3, 0.4) is 0 Å². The van der Waals surface area contributed by atoms with Crippen LogP contribution in [0.15, 0.2) is 42.5 Å². The van der Waals surface area contributed by atoms with E-state index in [0.29, 0.717) is 41.5 Å². The van der Waals surface area contributed by atoms with Crippen molar-refractivity contribution >= 4 is 29.2 Å². The molecule has 0 heterocycles. The van der Waals surface area contributed by atoms with Crippen molar-refractivity contribution in [1.29, 1.82) is 0 Å². The summed E-state index contributed by atoms with van der Waals surface area (Å²) in [6.07, 6.45) is 1.06. The number of carbonyl (C=O) groups excluding carboxylic acids is 1. The second-order valence-corrected chi connectivity index (χ2v) is 5.85. The number of amides is 2. The summed E-state index contributed by atoms with van der Waals surface area (Å²) in [5, 5.41) is 6.60. The van der Waals surface area contributed by atoms with Crippen molar-refractivity contribution in [2.45, 2.75) is 12.8 Å². The predicted molar refractivity (Wildman–Crippen MR) is 91.7 cm³/mol. The van der Waals surface area contributed by atoms with Gasteiger partial charge in [0.1, 0.15) is 5.82 Å². The maximum Gasteiger partial charge on any atom is 0.314 e. The van der Waals surface area contributed by atoms with Crippen LogP contribution >= 0.6 is 23.2 Å². The van der Waals surface area contributed by atoms with E-state index >= 15 is 0 Å². The van der Waals surface area contributed by atoms with Gasteiger partial charge >= 0.3 is 6.03 Å². The van der Waals surface area contributed by atoms with Gasteiger partial charge in [-0.05, 0) is 42.2 Å². The van der Waals surface area contributed by atoms with Crippen molar-refractivity contribution in [3.05, 3.63) is 69.5 Å². The van der Waals surface area contributed by atoms with Gasteiger partial charge in [-0.2, -0.15) is 0 Å². The van der Waals surface area contributed by atoms with Crippen LogP contribution in [0.5, 0.6) is 0 Å². The number of benzene rings is 2. The number of carbonyl (C=O) groups is 1. The standard InChI is InChI=1S/C17H17Cl2FN2O/c18-14-6-5-12(15(19)11-14)7-9-21-17(23)22-10-8-13-3-1-2-4-16(13)20/h1-6,11H,7-10H2,(H2,21,22,23). The Kier molecular flexibility index (Phi) is 6.68. The Labute approximate surface area is 144 Å². The highest BCUT2D eigenvalue weighted by Crippen LogP contribution is 2.20. The summed E-state index contributed by atoms with van der Waals surface area (Å²) in [5.41, 5.74) is 1.50. The van der Waals surface area contributed by atoms with Gasteiger partial charge in [0.2, 0.25) is 0 Å². The van der Waals surface area contributed by atoms with Crippen LogP contribution in [0.1, 0.15) is 11.1 Å². The minimum atomic E-state index is -0.286. The number of halogens is 3. The third-order valence-corrected chi connectivity index (χ3v) is 3.92. The zero-order valence-corrected chi connectivity index (χ0v) is 13.9. The van der Waals surface area contributed by atoms with Crippen molar-refractivity contribution in [1.82, 2.24) is 10.6 Å². The fourth-order valence-electron chi connectivity index (χ4n) is 2.11. The Morgan fingerprint density at radius 1 is 0.957 bits per heavy atom. The van der Waals surface area contributed by atoms with Crippen LogP contribution in [-0.2, 0) is 12.8 Å². The molecule has 3 nitrogen and oxygen atoms in total. The summed E-state index contributed by atoms with van der Waals surface area (Å²) < 4.78 is 13.4. The van der Waals surface area contributed by atoms with E-state index in [-0.39, 0.29) is 11.8 Å². The lowest BCUT2D eigenvalue weighted by Gasteiger charge is -2.09. The molecular weight excluding hydrogens is 338 g/mol. The van der Waals surface area contributed by atoms with Gasteiger partial charge in [-0.3, -0.25) is 0 Å². The van der Waals surface area contributed by atoms with E-state index < -0.39 is 0 Å². The van der Waals surface area contributed by atoms with Crippen molar-refractivity contribution in [3.63, 3.8) is 0 Å². The minimum absolute atomic E-state index is 0.257. The minimum Gasteiger partial charge on any atom is -0.338 e. The van der Waals surface area contributed by atoms with Gasteiger partial charge in [0.05, 0.1) is 0 Å². The second-order valence-electron chi connectivity index (χ2n) is 5.01. The highest BCUT2D eigenvalue weighted by atomic mass is 35.5. The Morgan fingerprint density at radius 2 is 1.61 bits per heavy atom. The second kappa shape index (κ2) is 8.75. The molecule has 0 fully saturated rings. The average Bonchev–Trinajstić information content (AvgIpc) is 2.51. The van der Waals surface area contributed by atoms with Crippen LogP contribution in [0.4, 0.5) is 9.18 Å². The first-order valence-electron chi connectivity index (χ1n) is 7.25. The van der Waals surface area contributed by atoms with Crippen molar-refractivity contribution in [2.75, 3.05) is 13.1 Å². The molecule has 2 amide bonds. The molecular formula is C17H17Cl2FN2O. The van der Waals surface area contributed by atoms with Gasteiger partial charge in [0, 0.05) is 23.1 Å². The lowest BCUT2D eigenvalue weighted by molar-refractivity contribution is 0.241. The average molecular weight is 355 g/mol. The molecule has 0 radical (unpaired) electrons. The molecule has 122 valence electrons. The highest BCUT2D eigenvalue weighted by Gasteiger charge is 2.04. The van der Waals surface area contributed by atoms with Gasteiger partial charge in [-0.25, -0.2) is 9.18 Å². The van der Waals surface area contributed by atoms with Crippen molar-refractivity contribution < 1.29 is 9.18 Å². The third kappa shape index (κ3) is 5.73. The van der Waals surface area contributed by atoms with E-state index in [9.17, 15) is 9.18 Å². The van der Waals surface area contributed by atoms with Crippen LogP contribution < -0.4 is 10.6 Å². The predicted octanol–water partition coefficient (Wildman–Crippen LogP) is 4.22. The number of hydrogen-bond donors (Lipinski definition) is 2. The number of rotatable bonds is 6. The molecule has 0 bridgehead atoms. The van der Waals surface area contributed by atoms with Crippen LogP contribution in [0.2, 0.25) is 10.0 Å². The third-order valence-electron chi connectivity index (χ3n) is 3.33. The molecule has 0 unspecified atom stereocenters. The summed E-state index contributed by atoms with van der Waals surface area (Å²) in [4.78, 5) is 11.7. The summed E-state index contributed by atoms with van der Waals surface area (Å²) in [7, 11) is 0. The zero-order valence-electron chi connectivity index (χ0n) is 12.4. The largest absolute Gasteiger partial charge is 0.338 e. The van der Waals surface area contributed by atoms with E-state index in [2.05, 4.69) is 10.6 Å². The first-order chi connectivity index (χ1) is 11.1. The molecule has 2 N–H and O–H groups in total. The fourth-order valence-corrected chi connectivity index (χ4v) is 2.61. The zero-order chi connectivity index (χ0) is 16.7. The molecule has 0 aliphatic rings. The SMILES string of the molecule is O=C(NCCc1ccccc1F)NCCc1ccc(Cl)cc1Cl. The van der Waals surface area contributed by atoms with E-state index in [1.807, 2.05) is 6.07 Å². The molecule has 0 aliphatic heterocycles. The van der Waals surface area contributed by atoms with E-state index in [1.54, 1.807) is 30.3 Å². The highest BCUT2D eigenvalue weighted by molar-refractivity contribution is 6.35. The van der Waals surface area contributed by atoms with Gasteiger partial charge in [-0.1, -0.05) is 47.5 Å². The normalized spacial score (nSPS) is 10.4. The molecule has 0 aromatic heterocycles. The Balaban J connectivity index is 1.68. The van der Waals surface area contributed by atoms with E-state index in [1.165, 1.54) is 6.07 Å². The summed E-state index contributed by atoms with van der Waals surface area (Å²) >= 11 is 11.9.